The molecule has 2 aromatic rings. The molecule has 0 radical (unpaired) electrons. The number of hydrazone groups is 1. The number of rotatable bonds is 6. The number of amides is 1. The van der Waals surface area contributed by atoms with Crippen molar-refractivity contribution in [3.63, 3.8) is 0 Å². The van der Waals surface area contributed by atoms with Crippen LogP contribution in [0.1, 0.15) is 20.3 Å². The molecule has 1 amide bonds. The van der Waals surface area contributed by atoms with E-state index in [1.165, 1.54) is 11.8 Å². The molecule has 136 valence electrons. The number of hydrogen-bond acceptors (Lipinski definition) is 6. The lowest BCUT2D eigenvalue weighted by molar-refractivity contribution is -0.115. The third-order valence-corrected chi connectivity index (χ3v) is 4.49. The number of carbonyl (C=O) groups excluding carboxylic acids is 1. The van der Waals surface area contributed by atoms with E-state index in [0.717, 1.165) is 14.3 Å². The Balaban J connectivity index is 2.13. The highest BCUT2D eigenvalue weighted by Crippen LogP contribution is 2.27. The van der Waals surface area contributed by atoms with Crippen LogP contribution in [0.2, 0.25) is 0 Å². The van der Waals surface area contributed by atoms with E-state index in [1.54, 1.807) is 6.08 Å². The molecule has 0 unspecified atom stereocenters. The van der Waals surface area contributed by atoms with Crippen LogP contribution in [0.5, 0.6) is 0 Å². The zero-order valence-corrected chi connectivity index (χ0v) is 17.3. The SMILES string of the molecule is C/C=C/C(=N\N)Nc1cc(I)nc(Sc2ccc(NC(=O)CC)cc2)n1. The Labute approximate surface area is 170 Å². The summed E-state index contributed by atoms with van der Waals surface area (Å²) < 4.78 is 0.797. The molecule has 0 aliphatic rings. The second-order valence-corrected chi connectivity index (χ2v) is 7.17. The first-order valence-electron chi connectivity index (χ1n) is 7.84. The van der Waals surface area contributed by atoms with Gasteiger partial charge in [0, 0.05) is 23.1 Å². The maximum atomic E-state index is 11.4. The number of hydrogen-bond donors (Lipinski definition) is 3. The Morgan fingerprint density at radius 1 is 1.31 bits per heavy atom. The van der Waals surface area contributed by atoms with Crippen LogP contribution in [0.3, 0.4) is 0 Å². The van der Waals surface area contributed by atoms with E-state index in [0.29, 0.717) is 23.2 Å². The average molecular weight is 482 g/mol. The third kappa shape index (κ3) is 6.30. The third-order valence-electron chi connectivity index (χ3n) is 3.06. The van der Waals surface area contributed by atoms with Crippen LogP contribution in [0.15, 0.2) is 57.6 Å². The molecule has 1 aromatic heterocycles. The van der Waals surface area contributed by atoms with Gasteiger partial charge in [-0.1, -0.05) is 13.0 Å². The highest BCUT2D eigenvalue weighted by molar-refractivity contribution is 14.1. The molecule has 1 aromatic carbocycles. The van der Waals surface area contributed by atoms with E-state index in [9.17, 15) is 4.79 Å². The van der Waals surface area contributed by atoms with Gasteiger partial charge in [-0.05, 0) is 71.6 Å². The van der Waals surface area contributed by atoms with Crippen molar-refractivity contribution in [2.75, 3.05) is 10.6 Å². The van der Waals surface area contributed by atoms with Gasteiger partial charge in [0.2, 0.25) is 5.91 Å². The van der Waals surface area contributed by atoms with Crippen molar-refractivity contribution in [3.05, 3.63) is 46.2 Å². The molecule has 0 spiro atoms. The fourth-order valence-electron chi connectivity index (χ4n) is 1.87. The summed E-state index contributed by atoms with van der Waals surface area (Å²) >= 11 is 3.56. The van der Waals surface area contributed by atoms with E-state index in [1.807, 2.05) is 50.3 Å². The van der Waals surface area contributed by atoms with E-state index in [2.05, 4.69) is 48.3 Å². The minimum atomic E-state index is -0.0134. The van der Waals surface area contributed by atoms with Gasteiger partial charge >= 0.3 is 0 Å². The van der Waals surface area contributed by atoms with Crippen LogP contribution in [-0.2, 0) is 4.79 Å². The molecule has 0 atom stereocenters. The van der Waals surface area contributed by atoms with Crippen LogP contribution in [0.25, 0.3) is 0 Å². The Bertz CT molecular complexity index is 823. The Hall–Kier alpha value is -2.14. The van der Waals surface area contributed by atoms with E-state index >= 15 is 0 Å². The van der Waals surface area contributed by atoms with Crippen molar-refractivity contribution in [2.24, 2.45) is 10.9 Å². The lowest BCUT2D eigenvalue weighted by Gasteiger charge is -2.08. The minimum absolute atomic E-state index is 0.0134. The maximum Gasteiger partial charge on any atom is 0.224 e. The molecule has 0 fully saturated rings. The lowest BCUT2D eigenvalue weighted by Crippen LogP contribution is -2.13. The van der Waals surface area contributed by atoms with Crippen molar-refractivity contribution in [1.29, 1.82) is 0 Å². The van der Waals surface area contributed by atoms with Gasteiger partial charge in [0.15, 0.2) is 11.0 Å². The number of nitrogens with two attached hydrogens (primary N) is 1. The van der Waals surface area contributed by atoms with Gasteiger partial charge in [-0.2, -0.15) is 5.10 Å². The lowest BCUT2D eigenvalue weighted by atomic mass is 10.3. The molecule has 9 heteroatoms. The predicted octanol–water partition coefficient (Wildman–Crippen LogP) is 3.84. The van der Waals surface area contributed by atoms with Gasteiger partial charge < -0.3 is 16.5 Å². The molecule has 0 saturated carbocycles. The predicted molar refractivity (Wildman–Crippen MR) is 114 cm³/mol. The minimum Gasteiger partial charge on any atom is -0.326 e. The fourth-order valence-corrected chi connectivity index (χ4v) is 3.33. The van der Waals surface area contributed by atoms with Crippen molar-refractivity contribution in [1.82, 2.24) is 9.97 Å². The smallest absolute Gasteiger partial charge is 0.224 e. The van der Waals surface area contributed by atoms with Gasteiger partial charge in [0.25, 0.3) is 0 Å². The molecule has 2 rings (SSSR count). The number of allylic oxidation sites excluding steroid dienone is 1. The van der Waals surface area contributed by atoms with Crippen molar-refractivity contribution in [3.8, 4) is 0 Å². The van der Waals surface area contributed by atoms with Crippen LogP contribution in [0, 0.1) is 3.70 Å². The van der Waals surface area contributed by atoms with E-state index in [-0.39, 0.29) is 5.91 Å². The van der Waals surface area contributed by atoms with Gasteiger partial charge in [0.1, 0.15) is 9.52 Å². The topological polar surface area (TPSA) is 105 Å². The molecule has 0 aliphatic heterocycles. The second-order valence-electron chi connectivity index (χ2n) is 5.03. The van der Waals surface area contributed by atoms with Gasteiger partial charge in [-0.15, -0.1) is 0 Å². The molecule has 7 nitrogen and oxygen atoms in total. The zero-order valence-electron chi connectivity index (χ0n) is 14.4. The summed E-state index contributed by atoms with van der Waals surface area (Å²) in [6.07, 6.45) is 4.04. The first-order valence-corrected chi connectivity index (χ1v) is 9.73. The molecular weight excluding hydrogens is 463 g/mol. The molecule has 0 aliphatic carbocycles. The number of amidine groups is 1. The Kier molecular flexibility index (Phi) is 7.85. The van der Waals surface area contributed by atoms with Gasteiger partial charge in [-0.25, -0.2) is 9.97 Å². The molecular formula is C17H19IN6OS. The number of nitrogens with one attached hydrogen (secondary N) is 2. The molecule has 4 N–H and O–H groups in total. The standard InChI is InChI=1S/C17H19IN6OS/c1-3-5-14(24-19)22-15-10-13(18)21-17(23-15)26-12-8-6-11(7-9-12)20-16(25)4-2/h3,5-10H,4,19H2,1-2H3,(H,20,25)(H,21,22,23,24)/b5-3+. The molecule has 26 heavy (non-hydrogen) atoms. The molecule has 0 saturated heterocycles. The van der Waals surface area contributed by atoms with Crippen LogP contribution < -0.4 is 16.5 Å². The van der Waals surface area contributed by atoms with Crippen molar-refractivity contribution >= 4 is 57.6 Å². The number of nitrogens with zero attached hydrogens (tertiary/aromatic N) is 3. The Morgan fingerprint density at radius 2 is 2.04 bits per heavy atom. The Morgan fingerprint density at radius 3 is 2.65 bits per heavy atom. The van der Waals surface area contributed by atoms with Crippen molar-refractivity contribution < 1.29 is 4.79 Å². The van der Waals surface area contributed by atoms with Crippen LogP contribution in [-0.4, -0.2) is 21.7 Å². The maximum absolute atomic E-state index is 11.4. The molecule has 0 bridgehead atoms. The summed E-state index contributed by atoms with van der Waals surface area (Å²) in [7, 11) is 0. The van der Waals surface area contributed by atoms with Gasteiger partial charge in [0.05, 0.1) is 0 Å². The zero-order chi connectivity index (χ0) is 18.9. The van der Waals surface area contributed by atoms with E-state index < -0.39 is 0 Å². The quantitative estimate of drug-likeness (QED) is 0.110. The highest BCUT2D eigenvalue weighted by atomic mass is 127. The normalized spacial score (nSPS) is 11.6. The number of benzene rings is 1. The molecule has 1 heterocycles. The summed E-state index contributed by atoms with van der Waals surface area (Å²) in [5.41, 5.74) is 0.766. The average Bonchev–Trinajstić information content (AvgIpc) is 2.62. The number of halogens is 1. The van der Waals surface area contributed by atoms with Crippen molar-refractivity contribution in [2.45, 2.75) is 30.3 Å². The first kappa shape index (κ1) is 20.2. The van der Waals surface area contributed by atoms with Crippen LogP contribution >= 0.6 is 34.4 Å². The van der Waals surface area contributed by atoms with Gasteiger partial charge in [-0.3, -0.25) is 4.79 Å². The second kappa shape index (κ2) is 10.1. The number of aromatic nitrogens is 2. The fraction of sp³-hybridized carbons (Fsp3) is 0.176. The summed E-state index contributed by atoms with van der Waals surface area (Å²) in [6, 6.07) is 9.35. The summed E-state index contributed by atoms with van der Waals surface area (Å²) in [5.74, 6) is 6.47. The summed E-state index contributed by atoms with van der Waals surface area (Å²) in [5, 5.41) is 10.1. The largest absolute Gasteiger partial charge is 0.326 e. The summed E-state index contributed by atoms with van der Waals surface area (Å²) in [4.78, 5) is 21.3. The first-order chi connectivity index (χ1) is 12.5. The number of carbonyl (C=O) groups is 1. The monoisotopic (exact) mass is 482 g/mol. The summed E-state index contributed by atoms with van der Waals surface area (Å²) in [6.45, 7) is 3.70. The van der Waals surface area contributed by atoms with E-state index in [4.69, 9.17) is 5.84 Å². The van der Waals surface area contributed by atoms with Crippen LogP contribution in [0.4, 0.5) is 11.5 Å². The highest BCUT2D eigenvalue weighted by Gasteiger charge is 2.07. The number of anilines is 2.